The fourth-order valence-electron chi connectivity index (χ4n) is 3.37. The maximum Gasteiger partial charge on any atom is 0.349 e. The summed E-state index contributed by atoms with van der Waals surface area (Å²) in [6.45, 7) is 1.10. The minimum atomic E-state index is -1.07. The Morgan fingerprint density at radius 3 is 2.48 bits per heavy atom. The highest BCUT2D eigenvalue weighted by atomic mass is 35.5. The van der Waals surface area contributed by atoms with E-state index in [0.29, 0.717) is 35.8 Å². The third-order valence-corrected chi connectivity index (χ3v) is 5.16. The average Bonchev–Trinajstić information content (AvgIpc) is 2.78. The molecule has 0 aliphatic carbocycles. The molecule has 0 spiro atoms. The Bertz CT molecular complexity index is 980. The van der Waals surface area contributed by atoms with Gasteiger partial charge in [-0.3, -0.25) is 0 Å². The van der Waals surface area contributed by atoms with E-state index in [0.717, 1.165) is 17.5 Å². The van der Waals surface area contributed by atoms with Crippen LogP contribution in [0.1, 0.15) is 35.3 Å². The molecule has 3 aromatic rings. The molecule has 0 saturated heterocycles. The Morgan fingerprint density at radius 2 is 1.74 bits per heavy atom. The molecule has 0 aliphatic heterocycles. The first kappa shape index (κ1) is 22.8. The van der Waals surface area contributed by atoms with Gasteiger partial charge in [-0.1, -0.05) is 66.2 Å². The predicted molar refractivity (Wildman–Crippen MR) is 121 cm³/mol. The number of rotatable bonds is 11. The van der Waals surface area contributed by atoms with Crippen molar-refractivity contribution >= 4 is 17.6 Å². The highest BCUT2D eigenvalue weighted by molar-refractivity contribution is 6.30. The van der Waals surface area contributed by atoms with Crippen LogP contribution in [-0.2, 0) is 11.2 Å². The van der Waals surface area contributed by atoms with Crippen molar-refractivity contribution in [2.45, 2.75) is 25.0 Å². The third kappa shape index (κ3) is 6.82. The highest BCUT2D eigenvalue weighted by Gasteiger charge is 2.24. The Balaban J connectivity index is 1.55. The lowest BCUT2D eigenvalue weighted by atomic mass is 9.98. The van der Waals surface area contributed by atoms with Crippen molar-refractivity contribution in [3.8, 4) is 5.75 Å². The summed E-state index contributed by atoms with van der Waals surface area (Å²) in [5, 5.41) is 23.9. The SMILES string of the molecule is O=C(O)C(Oc1ccccc1)c1ccccc1CCCNCC(O)c1cccc(Cl)c1. The Morgan fingerprint density at radius 1 is 1.00 bits per heavy atom. The van der Waals surface area contributed by atoms with Gasteiger partial charge in [0.05, 0.1) is 6.10 Å². The second-order valence-electron chi connectivity index (χ2n) is 7.23. The van der Waals surface area contributed by atoms with Crippen LogP contribution < -0.4 is 10.1 Å². The summed E-state index contributed by atoms with van der Waals surface area (Å²) in [4.78, 5) is 11.9. The molecule has 3 N–H and O–H groups in total. The number of aliphatic hydroxyl groups excluding tert-OH is 1. The molecule has 0 aliphatic rings. The molecule has 162 valence electrons. The van der Waals surface area contributed by atoms with Gasteiger partial charge in [-0.15, -0.1) is 0 Å². The monoisotopic (exact) mass is 439 g/mol. The van der Waals surface area contributed by atoms with Crippen molar-refractivity contribution in [1.29, 1.82) is 0 Å². The van der Waals surface area contributed by atoms with Crippen molar-refractivity contribution in [1.82, 2.24) is 5.32 Å². The molecule has 3 rings (SSSR count). The maximum absolute atomic E-state index is 11.9. The number of aliphatic hydroxyl groups is 1. The van der Waals surface area contributed by atoms with Gasteiger partial charge in [-0.05, 0) is 54.8 Å². The number of ether oxygens (including phenoxy) is 1. The summed E-state index contributed by atoms with van der Waals surface area (Å²) in [6.07, 6.45) is -0.229. The van der Waals surface area contributed by atoms with E-state index in [1.54, 1.807) is 30.3 Å². The van der Waals surface area contributed by atoms with E-state index in [1.807, 2.05) is 48.5 Å². The molecule has 0 aromatic heterocycles. The molecule has 2 atom stereocenters. The average molecular weight is 440 g/mol. The molecule has 0 radical (unpaired) electrons. The molecule has 6 heteroatoms. The Hall–Kier alpha value is -2.86. The lowest BCUT2D eigenvalue weighted by molar-refractivity contribution is -0.145. The molecule has 0 heterocycles. The molecular formula is C25H26ClNO4. The molecule has 5 nitrogen and oxygen atoms in total. The highest BCUT2D eigenvalue weighted by Crippen LogP contribution is 2.26. The smallest absolute Gasteiger partial charge is 0.349 e. The van der Waals surface area contributed by atoms with Gasteiger partial charge in [-0.25, -0.2) is 4.79 Å². The lowest BCUT2D eigenvalue weighted by Gasteiger charge is -2.19. The zero-order chi connectivity index (χ0) is 22.1. The molecule has 0 saturated carbocycles. The van der Waals surface area contributed by atoms with Crippen molar-refractivity contribution in [2.75, 3.05) is 13.1 Å². The quantitative estimate of drug-likeness (QED) is 0.374. The maximum atomic E-state index is 11.9. The molecular weight excluding hydrogens is 414 g/mol. The largest absolute Gasteiger partial charge is 0.478 e. The first-order valence-electron chi connectivity index (χ1n) is 10.2. The second-order valence-corrected chi connectivity index (χ2v) is 7.66. The Kier molecular flexibility index (Phi) is 8.47. The number of carboxylic acids is 1. The predicted octanol–water partition coefficient (Wildman–Crippen LogP) is 4.80. The van der Waals surface area contributed by atoms with Crippen molar-refractivity contribution in [2.24, 2.45) is 0 Å². The summed E-state index contributed by atoms with van der Waals surface area (Å²) in [7, 11) is 0. The van der Waals surface area contributed by atoms with Crippen molar-refractivity contribution in [3.05, 3.63) is 101 Å². The van der Waals surface area contributed by atoms with Crippen LogP contribution in [-0.4, -0.2) is 29.3 Å². The summed E-state index contributed by atoms with van der Waals surface area (Å²) < 4.78 is 5.76. The van der Waals surface area contributed by atoms with Crippen LogP contribution in [0.4, 0.5) is 0 Å². The van der Waals surface area contributed by atoms with Gasteiger partial charge in [0.25, 0.3) is 0 Å². The van der Waals surface area contributed by atoms with Crippen LogP contribution in [0.2, 0.25) is 5.02 Å². The van der Waals surface area contributed by atoms with Crippen molar-refractivity contribution < 1.29 is 19.7 Å². The van der Waals surface area contributed by atoms with Gasteiger partial charge in [0.15, 0.2) is 0 Å². The minimum Gasteiger partial charge on any atom is -0.478 e. The number of benzene rings is 3. The van der Waals surface area contributed by atoms with E-state index in [2.05, 4.69) is 5.32 Å². The van der Waals surface area contributed by atoms with E-state index in [4.69, 9.17) is 16.3 Å². The van der Waals surface area contributed by atoms with Crippen LogP contribution in [0.25, 0.3) is 0 Å². The van der Waals surface area contributed by atoms with Crippen LogP contribution in [0.15, 0.2) is 78.9 Å². The number of carboxylic acid groups (broad SMARTS) is 1. The minimum absolute atomic E-state index is 0.414. The number of aryl methyl sites for hydroxylation is 1. The second kappa shape index (κ2) is 11.5. The summed E-state index contributed by atoms with van der Waals surface area (Å²) in [5.41, 5.74) is 2.36. The molecule has 3 aromatic carbocycles. The summed E-state index contributed by atoms with van der Waals surface area (Å²) in [5.74, 6) is -0.513. The molecule has 0 amide bonds. The van der Waals surface area contributed by atoms with E-state index in [-0.39, 0.29) is 0 Å². The zero-order valence-corrected chi connectivity index (χ0v) is 17.8. The van der Waals surface area contributed by atoms with Gasteiger partial charge in [0, 0.05) is 17.1 Å². The van der Waals surface area contributed by atoms with Crippen LogP contribution >= 0.6 is 11.6 Å². The lowest BCUT2D eigenvalue weighted by Crippen LogP contribution is -2.23. The molecule has 31 heavy (non-hydrogen) atoms. The third-order valence-electron chi connectivity index (χ3n) is 4.93. The van der Waals surface area contributed by atoms with Crippen LogP contribution in [0.3, 0.4) is 0 Å². The Labute approximate surface area is 187 Å². The van der Waals surface area contributed by atoms with Gasteiger partial charge in [-0.2, -0.15) is 0 Å². The van der Waals surface area contributed by atoms with Crippen LogP contribution in [0.5, 0.6) is 5.75 Å². The van der Waals surface area contributed by atoms with E-state index >= 15 is 0 Å². The number of halogens is 1. The van der Waals surface area contributed by atoms with Gasteiger partial charge < -0.3 is 20.3 Å². The molecule has 0 fully saturated rings. The van der Waals surface area contributed by atoms with Gasteiger partial charge >= 0.3 is 5.97 Å². The van der Waals surface area contributed by atoms with Crippen LogP contribution in [0, 0.1) is 0 Å². The number of hydrogen-bond donors (Lipinski definition) is 3. The number of aliphatic carboxylic acids is 1. The molecule has 2 unspecified atom stereocenters. The first-order valence-corrected chi connectivity index (χ1v) is 10.6. The van der Waals surface area contributed by atoms with Crippen molar-refractivity contribution in [3.63, 3.8) is 0 Å². The first-order chi connectivity index (χ1) is 15.0. The van der Waals surface area contributed by atoms with Gasteiger partial charge in [0.2, 0.25) is 6.10 Å². The number of nitrogens with one attached hydrogen (secondary N) is 1. The van der Waals surface area contributed by atoms with E-state index in [1.165, 1.54) is 0 Å². The zero-order valence-electron chi connectivity index (χ0n) is 17.1. The normalized spacial score (nSPS) is 12.8. The number of para-hydroxylation sites is 1. The summed E-state index contributed by atoms with van der Waals surface area (Å²) in [6, 6.07) is 23.6. The van der Waals surface area contributed by atoms with E-state index in [9.17, 15) is 15.0 Å². The number of carbonyl (C=O) groups is 1. The topological polar surface area (TPSA) is 78.8 Å². The molecule has 0 bridgehead atoms. The number of hydrogen-bond acceptors (Lipinski definition) is 4. The fraction of sp³-hybridized carbons (Fsp3) is 0.240. The van der Waals surface area contributed by atoms with E-state index < -0.39 is 18.2 Å². The fourth-order valence-corrected chi connectivity index (χ4v) is 3.57. The van der Waals surface area contributed by atoms with Gasteiger partial charge in [0.1, 0.15) is 5.75 Å². The standard InChI is InChI=1S/C25H26ClNO4/c26-20-11-6-9-19(16-20)23(28)17-27-15-7-10-18-8-4-5-14-22(18)24(25(29)30)31-21-12-2-1-3-13-21/h1-6,8-9,11-14,16,23-24,27-28H,7,10,15,17H2,(H,29,30). The summed E-state index contributed by atoms with van der Waals surface area (Å²) >= 11 is 5.97.